The summed E-state index contributed by atoms with van der Waals surface area (Å²) in [4.78, 5) is 5.31. The summed E-state index contributed by atoms with van der Waals surface area (Å²) in [5.74, 6) is 0.692. The van der Waals surface area contributed by atoms with Gasteiger partial charge in [0.1, 0.15) is 0 Å². The topological polar surface area (TPSA) is 6.48 Å². The zero-order valence-corrected chi connectivity index (χ0v) is 17.0. The lowest BCUT2D eigenvalue weighted by molar-refractivity contribution is 0.0634. The summed E-state index contributed by atoms with van der Waals surface area (Å²) in [7, 11) is 0. The second kappa shape index (κ2) is 8.79. The second-order valence-corrected chi connectivity index (χ2v) is 8.52. The van der Waals surface area contributed by atoms with E-state index in [9.17, 15) is 0 Å². The standard InChI is InChI=1S/C23H26Cl2N2/c24-21-10-6-18(7-11-21)16-26-14-15-27(17-19-8-12-22(25)13-9-19)23(26)20-4-2-1-3-5-20/h1-2,6-13,20,23H,3-5,14-17H2/t20-/m1/s1. The minimum Gasteiger partial charge on any atom is -0.282 e. The van der Waals surface area contributed by atoms with E-state index in [4.69, 9.17) is 23.2 Å². The van der Waals surface area contributed by atoms with Gasteiger partial charge in [-0.15, -0.1) is 0 Å². The van der Waals surface area contributed by atoms with Crippen LogP contribution in [0.4, 0.5) is 0 Å². The number of hydrogen-bond donors (Lipinski definition) is 0. The zero-order valence-electron chi connectivity index (χ0n) is 15.5. The minimum atomic E-state index is 0.487. The first-order chi connectivity index (χ1) is 13.2. The van der Waals surface area contributed by atoms with Gasteiger partial charge in [0.15, 0.2) is 0 Å². The highest BCUT2D eigenvalue weighted by molar-refractivity contribution is 6.30. The van der Waals surface area contributed by atoms with Crippen LogP contribution in [-0.2, 0) is 13.1 Å². The van der Waals surface area contributed by atoms with Gasteiger partial charge >= 0.3 is 0 Å². The first kappa shape index (κ1) is 19.0. The average molecular weight is 401 g/mol. The molecule has 27 heavy (non-hydrogen) atoms. The molecule has 4 rings (SSSR count). The van der Waals surface area contributed by atoms with Crippen molar-refractivity contribution in [3.8, 4) is 0 Å². The molecule has 2 aromatic rings. The van der Waals surface area contributed by atoms with E-state index < -0.39 is 0 Å². The molecule has 0 bridgehead atoms. The van der Waals surface area contributed by atoms with Gasteiger partial charge in [0.25, 0.3) is 0 Å². The fraction of sp³-hybridized carbons (Fsp3) is 0.391. The number of rotatable bonds is 5. The highest BCUT2D eigenvalue weighted by Crippen LogP contribution is 2.32. The molecule has 0 unspecified atom stereocenters. The van der Waals surface area contributed by atoms with Gasteiger partial charge in [-0.3, -0.25) is 9.80 Å². The van der Waals surface area contributed by atoms with E-state index in [-0.39, 0.29) is 0 Å². The summed E-state index contributed by atoms with van der Waals surface area (Å²) >= 11 is 12.1. The van der Waals surface area contributed by atoms with Crippen LogP contribution in [0.5, 0.6) is 0 Å². The molecule has 4 heteroatoms. The Morgan fingerprint density at radius 2 is 1.26 bits per heavy atom. The Morgan fingerprint density at radius 3 is 1.70 bits per heavy atom. The summed E-state index contributed by atoms with van der Waals surface area (Å²) in [5.41, 5.74) is 2.67. The van der Waals surface area contributed by atoms with E-state index in [0.717, 1.165) is 36.2 Å². The number of halogens is 2. The molecule has 1 aliphatic heterocycles. The molecule has 1 aliphatic carbocycles. The van der Waals surface area contributed by atoms with Crippen LogP contribution in [0.2, 0.25) is 10.0 Å². The van der Waals surface area contributed by atoms with Crippen LogP contribution in [0.3, 0.4) is 0 Å². The third-order valence-electron chi connectivity index (χ3n) is 5.75. The third-order valence-corrected chi connectivity index (χ3v) is 6.26. The number of hydrogen-bond acceptors (Lipinski definition) is 2. The smallest absolute Gasteiger partial charge is 0.0661 e. The van der Waals surface area contributed by atoms with E-state index in [1.165, 1.54) is 30.4 Å². The van der Waals surface area contributed by atoms with Gasteiger partial charge in [0.2, 0.25) is 0 Å². The van der Waals surface area contributed by atoms with Crippen LogP contribution >= 0.6 is 23.2 Å². The Kier molecular flexibility index (Phi) is 6.19. The van der Waals surface area contributed by atoms with Gasteiger partial charge < -0.3 is 0 Å². The minimum absolute atomic E-state index is 0.487. The fourth-order valence-electron chi connectivity index (χ4n) is 4.43. The van der Waals surface area contributed by atoms with Gasteiger partial charge in [0.05, 0.1) is 6.17 Å². The Bertz CT molecular complexity index is 714. The molecule has 1 saturated heterocycles. The van der Waals surface area contributed by atoms with Crippen LogP contribution in [0.25, 0.3) is 0 Å². The molecule has 1 heterocycles. The first-order valence-corrected chi connectivity index (χ1v) is 10.6. The van der Waals surface area contributed by atoms with E-state index in [1.54, 1.807) is 0 Å². The molecule has 142 valence electrons. The molecule has 0 spiro atoms. The Balaban J connectivity index is 1.52. The Morgan fingerprint density at radius 1 is 0.741 bits per heavy atom. The molecule has 0 N–H and O–H groups in total. The normalized spacial score (nSPS) is 21.8. The predicted octanol–water partition coefficient (Wildman–Crippen LogP) is 5.99. The second-order valence-electron chi connectivity index (χ2n) is 7.65. The summed E-state index contributed by atoms with van der Waals surface area (Å²) in [5, 5.41) is 1.61. The maximum absolute atomic E-state index is 6.06. The number of benzene rings is 2. The Hall–Kier alpha value is -1.32. The van der Waals surface area contributed by atoms with Gasteiger partial charge in [-0.05, 0) is 60.6 Å². The van der Waals surface area contributed by atoms with Crippen molar-refractivity contribution in [1.82, 2.24) is 9.80 Å². The fourth-order valence-corrected chi connectivity index (χ4v) is 4.68. The van der Waals surface area contributed by atoms with E-state index >= 15 is 0 Å². The molecule has 2 aliphatic rings. The molecule has 1 atom stereocenters. The molecule has 2 aromatic carbocycles. The third kappa shape index (κ3) is 4.75. The molecular formula is C23H26Cl2N2. The largest absolute Gasteiger partial charge is 0.282 e. The van der Waals surface area contributed by atoms with Crippen LogP contribution in [0.15, 0.2) is 60.7 Å². The molecule has 0 radical (unpaired) electrons. The molecule has 0 aromatic heterocycles. The summed E-state index contributed by atoms with van der Waals surface area (Å²) in [6.07, 6.45) is 8.84. The maximum atomic E-state index is 6.06. The van der Waals surface area contributed by atoms with Crippen molar-refractivity contribution < 1.29 is 0 Å². The average Bonchev–Trinajstić information content (AvgIpc) is 3.08. The van der Waals surface area contributed by atoms with Crippen molar-refractivity contribution in [2.24, 2.45) is 5.92 Å². The van der Waals surface area contributed by atoms with Crippen molar-refractivity contribution in [1.29, 1.82) is 0 Å². The monoisotopic (exact) mass is 400 g/mol. The Labute approximate surface area is 172 Å². The lowest BCUT2D eigenvalue weighted by Crippen LogP contribution is -2.44. The first-order valence-electron chi connectivity index (χ1n) is 9.81. The quantitative estimate of drug-likeness (QED) is 0.568. The van der Waals surface area contributed by atoms with Gasteiger partial charge in [-0.2, -0.15) is 0 Å². The van der Waals surface area contributed by atoms with Gasteiger partial charge in [0, 0.05) is 36.2 Å². The van der Waals surface area contributed by atoms with Crippen molar-refractivity contribution in [3.05, 3.63) is 81.9 Å². The van der Waals surface area contributed by atoms with Crippen LogP contribution < -0.4 is 0 Å². The lowest BCUT2D eigenvalue weighted by Gasteiger charge is -2.37. The number of nitrogens with zero attached hydrogens (tertiary/aromatic N) is 2. The van der Waals surface area contributed by atoms with E-state index in [1.807, 2.05) is 24.3 Å². The predicted molar refractivity (Wildman–Crippen MR) is 114 cm³/mol. The molecule has 1 fully saturated rings. The highest BCUT2D eigenvalue weighted by atomic mass is 35.5. The summed E-state index contributed by atoms with van der Waals surface area (Å²) in [6, 6.07) is 16.6. The van der Waals surface area contributed by atoms with Crippen molar-refractivity contribution >= 4 is 23.2 Å². The highest BCUT2D eigenvalue weighted by Gasteiger charge is 2.37. The van der Waals surface area contributed by atoms with Crippen molar-refractivity contribution in [2.75, 3.05) is 13.1 Å². The lowest BCUT2D eigenvalue weighted by atomic mass is 9.90. The van der Waals surface area contributed by atoms with Gasteiger partial charge in [-0.1, -0.05) is 59.6 Å². The van der Waals surface area contributed by atoms with Crippen LogP contribution in [-0.4, -0.2) is 29.1 Å². The molecule has 0 amide bonds. The van der Waals surface area contributed by atoms with Gasteiger partial charge in [-0.25, -0.2) is 0 Å². The SMILES string of the molecule is Clc1ccc(CN2CCN(Cc3ccc(Cl)cc3)C2[C@@H]2CC=CCC2)cc1. The van der Waals surface area contributed by atoms with E-state index in [2.05, 4.69) is 46.2 Å². The molecular weight excluding hydrogens is 375 g/mol. The van der Waals surface area contributed by atoms with Crippen molar-refractivity contribution in [3.63, 3.8) is 0 Å². The summed E-state index contributed by atoms with van der Waals surface area (Å²) < 4.78 is 0. The summed E-state index contributed by atoms with van der Waals surface area (Å²) in [6.45, 7) is 4.19. The zero-order chi connectivity index (χ0) is 18.6. The van der Waals surface area contributed by atoms with Crippen LogP contribution in [0.1, 0.15) is 30.4 Å². The van der Waals surface area contributed by atoms with E-state index in [0.29, 0.717) is 12.1 Å². The molecule has 0 saturated carbocycles. The molecule has 2 nitrogen and oxygen atoms in total. The maximum Gasteiger partial charge on any atom is 0.0661 e. The van der Waals surface area contributed by atoms with Crippen LogP contribution in [0, 0.1) is 5.92 Å². The number of allylic oxidation sites excluding steroid dienone is 2. The van der Waals surface area contributed by atoms with Crippen molar-refractivity contribution in [2.45, 2.75) is 38.5 Å².